The van der Waals surface area contributed by atoms with E-state index in [1.165, 1.54) is 23.3 Å². The van der Waals surface area contributed by atoms with E-state index in [2.05, 4.69) is 9.72 Å². The van der Waals surface area contributed by atoms with Gasteiger partial charge in [-0.25, -0.2) is 4.98 Å². The summed E-state index contributed by atoms with van der Waals surface area (Å²) in [5.74, 6) is -0.658. The second kappa shape index (κ2) is 6.15. The van der Waals surface area contributed by atoms with Crippen molar-refractivity contribution in [2.24, 2.45) is 0 Å². The molecule has 1 amide bonds. The first-order valence-electron chi connectivity index (χ1n) is 5.86. The Morgan fingerprint density at radius 2 is 2.20 bits per heavy atom. The van der Waals surface area contributed by atoms with E-state index in [9.17, 15) is 9.59 Å². The first-order valence-corrected chi connectivity index (χ1v) is 7.56. The Morgan fingerprint density at radius 1 is 1.45 bits per heavy atom. The second-order valence-electron chi connectivity index (χ2n) is 4.15. The molecule has 0 aliphatic heterocycles. The van der Waals surface area contributed by atoms with Crippen LogP contribution in [0.5, 0.6) is 0 Å². The lowest BCUT2D eigenvalue weighted by molar-refractivity contribution is -0.141. The zero-order valence-corrected chi connectivity index (χ0v) is 13.0. The van der Waals surface area contributed by atoms with Crippen LogP contribution in [0.3, 0.4) is 0 Å². The number of aryl methyl sites for hydroxylation is 1. The molecule has 0 atom stereocenters. The maximum absolute atomic E-state index is 12.3. The van der Waals surface area contributed by atoms with Crippen LogP contribution in [0.1, 0.15) is 15.4 Å². The number of thiophene rings is 1. The third kappa shape index (κ3) is 3.05. The summed E-state index contributed by atoms with van der Waals surface area (Å²) in [7, 11) is 2.87. The van der Waals surface area contributed by atoms with E-state index in [1.54, 1.807) is 25.3 Å². The van der Waals surface area contributed by atoms with Crippen molar-refractivity contribution in [3.63, 3.8) is 0 Å². The summed E-state index contributed by atoms with van der Waals surface area (Å²) in [6.45, 7) is 1.73. The van der Waals surface area contributed by atoms with Crippen LogP contribution in [-0.2, 0) is 9.53 Å². The van der Waals surface area contributed by atoms with Gasteiger partial charge in [-0.05, 0) is 18.4 Å². The average Bonchev–Trinajstić information content (AvgIpc) is 3.06. The summed E-state index contributed by atoms with van der Waals surface area (Å²) in [5.41, 5.74) is 0.681. The van der Waals surface area contributed by atoms with Crippen LogP contribution in [0.15, 0.2) is 17.5 Å². The van der Waals surface area contributed by atoms with Gasteiger partial charge in [0.2, 0.25) is 0 Å². The Bertz CT molecular complexity index is 620. The molecule has 0 fully saturated rings. The number of rotatable bonds is 4. The zero-order valence-electron chi connectivity index (χ0n) is 11.4. The Kier molecular flexibility index (Phi) is 4.51. The molecule has 0 saturated heterocycles. The van der Waals surface area contributed by atoms with Crippen LogP contribution >= 0.6 is 22.7 Å². The highest BCUT2D eigenvalue weighted by Crippen LogP contribution is 2.31. The van der Waals surface area contributed by atoms with Crippen LogP contribution in [0.2, 0.25) is 0 Å². The smallest absolute Gasteiger partial charge is 0.325 e. The number of thiazole rings is 1. The molecule has 2 aromatic rings. The van der Waals surface area contributed by atoms with Gasteiger partial charge in [0.25, 0.3) is 5.91 Å². The lowest BCUT2D eigenvalue weighted by Gasteiger charge is -2.14. The molecule has 2 rings (SSSR count). The van der Waals surface area contributed by atoms with Crippen LogP contribution in [-0.4, -0.2) is 42.5 Å². The molecule has 0 saturated carbocycles. The van der Waals surface area contributed by atoms with Crippen LogP contribution in [0, 0.1) is 6.92 Å². The normalized spacial score (nSPS) is 10.3. The average molecular weight is 310 g/mol. The lowest BCUT2D eigenvalue weighted by Crippen LogP contribution is -2.32. The molecule has 0 unspecified atom stereocenters. The van der Waals surface area contributed by atoms with Gasteiger partial charge >= 0.3 is 5.97 Å². The van der Waals surface area contributed by atoms with Gasteiger partial charge in [-0.15, -0.1) is 22.7 Å². The zero-order chi connectivity index (χ0) is 14.7. The van der Waals surface area contributed by atoms with E-state index < -0.39 is 5.97 Å². The van der Waals surface area contributed by atoms with Gasteiger partial charge in [-0.3, -0.25) is 9.59 Å². The molecule has 0 spiro atoms. The van der Waals surface area contributed by atoms with Gasteiger partial charge in [-0.2, -0.15) is 0 Å². The molecular formula is C13H14N2O3S2. The number of amides is 1. The highest BCUT2D eigenvalue weighted by molar-refractivity contribution is 7.22. The molecule has 20 heavy (non-hydrogen) atoms. The van der Waals surface area contributed by atoms with E-state index in [-0.39, 0.29) is 12.5 Å². The minimum atomic E-state index is -0.443. The number of ether oxygens (including phenoxy) is 1. The minimum absolute atomic E-state index is 0.0684. The van der Waals surface area contributed by atoms with Crippen molar-refractivity contribution < 1.29 is 14.3 Å². The largest absolute Gasteiger partial charge is 0.468 e. The number of nitrogens with zero attached hydrogens (tertiary/aromatic N) is 2. The van der Waals surface area contributed by atoms with Crippen LogP contribution in [0.4, 0.5) is 0 Å². The highest BCUT2D eigenvalue weighted by Gasteiger charge is 2.21. The van der Waals surface area contributed by atoms with Crippen molar-refractivity contribution in [1.29, 1.82) is 0 Å². The fourth-order valence-electron chi connectivity index (χ4n) is 1.60. The maximum atomic E-state index is 12.3. The van der Waals surface area contributed by atoms with E-state index in [4.69, 9.17) is 0 Å². The first kappa shape index (κ1) is 14.7. The van der Waals surface area contributed by atoms with Crippen molar-refractivity contribution >= 4 is 34.6 Å². The topological polar surface area (TPSA) is 59.5 Å². The number of carbonyl (C=O) groups is 2. The number of aromatic nitrogens is 1. The predicted octanol–water partition coefficient (Wildman–Crippen LogP) is 2.43. The van der Waals surface area contributed by atoms with Gasteiger partial charge in [0.15, 0.2) is 0 Å². The molecule has 0 radical (unpaired) electrons. The number of likely N-dealkylation sites (N-methyl/N-ethyl adjacent to an activating group) is 1. The van der Waals surface area contributed by atoms with Crippen molar-refractivity contribution in [2.75, 3.05) is 20.7 Å². The fraction of sp³-hybridized carbons (Fsp3) is 0.308. The SMILES string of the molecule is COC(=O)CN(C)C(=O)c1sc(-c2cccs2)nc1C. The Balaban J connectivity index is 2.20. The number of esters is 1. The quantitative estimate of drug-likeness (QED) is 0.814. The molecule has 2 heterocycles. The molecule has 0 bridgehead atoms. The summed E-state index contributed by atoms with van der Waals surface area (Å²) >= 11 is 2.93. The van der Waals surface area contributed by atoms with E-state index in [1.807, 2.05) is 17.5 Å². The van der Waals surface area contributed by atoms with Crippen LogP contribution < -0.4 is 0 Å². The molecule has 5 nitrogen and oxygen atoms in total. The van der Waals surface area contributed by atoms with E-state index in [0.29, 0.717) is 10.6 Å². The molecule has 0 aliphatic rings. The van der Waals surface area contributed by atoms with Crippen LogP contribution in [0.25, 0.3) is 9.88 Å². The Morgan fingerprint density at radius 3 is 2.80 bits per heavy atom. The monoisotopic (exact) mass is 310 g/mol. The summed E-state index contributed by atoms with van der Waals surface area (Å²) in [6.07, 6.45) is 0. The van der Waals surface area contributed by atoms with Crippen molar-refractivity contribution in [1.82, 2.24) is 9.88 Å². The van der Waals surface area contributed by atoms with Gasteiger partial charge < -0.3 is 9.64 Å². The molecule has 2 aromatic heterocycles. The van der Waals surface area contributed by atoms with Gasteiger partial charge in [-0.1, -0.05) is 6.07 Å². The minimum Gasteiger partial charge on any atom is -0.468 e. The molecule has 0 aromatic carbocycles. The molecule has 0 aliphatic carbocycles. The summed E-state index contributed by atoms with van der Waals surface area (Å²) in [4.78, 5) is 30.8. The third-order valence-corrected chi connectivity index (χ3v) is 4.85. The predicted molar refractivity (Wildman–Crippen MR) is 79.1 cm³/mol. The van der Waals surface area contributed by atoms with Crippen molar-refractivity contribution in [2.45, 2.75) is 6.92 Å². The van der Waals surface area contributed by atoms with E-state index >= 15 is 0 Å². The molecular weight excluding hydrogens is 296 g/mol. The van der Waals surface area contributed by atoms with E-state index in [0.717, 1.165) is 9.88 Å². The maximum Gasteiger partial charge on any atom is 0.325 e. The second-order valence-corrected chi connectivity index (χ2v) is 6.09. The number of carbonyl (C=O) groups excluding carboxylic acids is 2. The first-order chi connectivity index (χ1) is 9.52. The fourth-order valence-corrected chi connectivity index (χ4v) is 3.46. The van der Waals surface area contributed by atoms with Gasteiger partial charge in [0.1, 0.15) is 16.4 Å². The standard InChI is InChI=1S/C13H14N2O3S2/c1-8-11(13(17)15(2)7-10(16)18-3)20-12(14-8)9-5-4-6-19-9/h4-6H,7H2,1-3H3. The lowest BCUT2D eigenvalue weighted by atomic mass is 10.3. The highest BCUT2D eigenvalue weighted by atomic mass is 32.1. The number of hydrogen-bond donors (Lipinski definition) is 0. The summed E-state index contributed by atoms with van der Waals surface area (Å²) in [5, 5.41) is 2.80. The molecule has 7 heteroatoms. The Labute approximate surface area is 124 Å². The Hall–Kier alpha value is -1.73. The molecule has 106 valence electrons. The van der Waals surface area contributed by atoms with Gasteiger partial charge in [0, 0.05) is 7.05 Å². The summed E-state index contributed by atoms with van der Waals surface area (Å²) in [6, 6.07) is 3.91. The van der Waals surface area contributed by atoms with Crippen molar-refractivity contribution in [3.05, 3.63) is 28.1 Å². The third-order valence-electron chi connectivity index (χ3n) is 2.66. The number of methoxy groups -OCH3 is 1. The van der Waals surface area contributed by atoms with Gasteiger partial charge in [0.05, 0.1) is 17.7 Å². The molecule has 0 N–H and O–H groups in total. The number of hydrogen-bond acceptors (Lipinski definition) is 6. The summed E-state index contributed by atoms with van der Waals surface area (Å²) < 4.78 is 4.56. The van der Waals surface area contributed by atoms with Crippen molar-refractivity contribution in [3.8, 4) is 9.88 Å².